The fourth-order valence-electron chi connectivity index (χ4n) is 2.27. The van der Waals surface area contributed by atoms with Crippen LogP contribution >= 0.6 is 0 Å². The largest absolute Gasteiger partial charge is 0.296 e. The summed E-state index contributed by atoms with van der Waals surface area (Å²) in [5.41, 5.74) is 1.13. The number of nitrogens with zero attached hydrogens (tertiary/aromatic N) is 1. The summed E-state index contributed by atoms with van der Waals surface area (Å²) in [6.45, 7) is 5.03. The second-order valence-electron chi connectivity index (χ2n) is 6.17. The molecule has 0 radical (unpaired) electrons. The Morgan fingerprint density at radius 2 is 1.80 bits per heavy atom. The van der Waals surface area contributed by atoms with E-state index in [-0.39, 0.29) is 12.3 Å². The number of sulfonamides is 1. The zero-order valence-electron chi connectivity index (χ0n) is 12.2. The van der Waals surface area contributed by atoms with Gasteiger partial charge in [0.15, 0.2) is 5.78 Å². The second kappa shape index (κ2) is 5.30. The molecule has 0 amide bonds. The van der Waals surface area contributed by atoms with E-state index in [1.54, 1.807) is 20.8 Å². The van der Waals surface area contributed by atoms with Crippen LogP contribution in [0.1, 0.15) is 32.8 Å². The molecule has 1 heterocycles. The molecule has 0 spiro atoms. The van der Waals surface area contributed by atoms with Gasteiger partial charge in [0.1, 0.15) is 0 Å². The Labute approximate surface area is 120 Å². The zero-order chi connectivity index (χ0) is 15.0. The van der Waals surface area contributed by atoms with E-state index in [2.05, 4.69) is 0 Å². The van der Waals surface area contributed by atoms with Crippen molar-refractivity contribution in [1.82, 2.24) is 4.31 Å². The van der Waals surface area contributed by atoms with Gasteiger partial charge < -0.3 is 0 Å². The minimum atomic E-state index is -3.41. The predicted molar refractivity (Wildman–Crippen MR) is 78.9 cm³/mol. The first kappa shape index (κ1) is 15.2. The van der Waals surface area contributed by atoms with Gasteiger partial charge in [-0.05, 0) is 39.2 Å². The summed E-state index contributed by atoms with van der Waals surface area (Å²) in [4.78, 5) is 11.7. The highest BCUT2D eigenvalue weighted by molar-refractivity contribution is 7.90. The van der Waals surface area contributed by atoms with E-state index in [1.165, 1.54) is 4.31 Å². The Morgan fingerprint density at radius 3 is 2.30 bits per heavy atom. The maximum absolute atomic E-state index is 12.4. The Bertz CT molecular complexity index is 587. The number of aryl methyl sites for hydroxylation is 1. The first-order chi connectivity index (χ1) is 9.23. The zero-order valence-corrected chi connectivity index (χ0v) is 13.0. The number of rotatable bonds is 4. The normalized spacial score (nSPS) is 20.8. The summed E-state index contributed by atoms with van der Waals surface area (Å²) in [7, 11) is -3.41. The fraction of sp³-hybridized carbons (Fsp3) is 0.533. The molecule has 2 rings (SSSR count). The molecule has 1 saturated heterocycles. The summed E-state index contributed by atoms with van der Waals surface area (Å²) < 4.78 is 25.2. The van der Waals surface area contributed by atoms with Crippen molar-refractivity contribution in [2.24, 2.45) is 0 Å². The molecule has 1 atom stereocenters. The van der Waals surface area contributed by atoms with Gasteiger partial charge in [-0.2, -0.15) is 4.31 Å². The van der Waals surface area contributed by atoms with Crippen molar-refractivity contribution in [2.75, 3.05) is 6.54 Å². The molecule has 0 aliphatic carbocycles. The molecular weight excluding hydrogens is 274 g/mol. The average Bonchev–Trinajstić information content (AvgIpc) is 2.35. The molecule has 1 fully saturated rings. The third kappa shape index (κ3) is 2.79. The number of Topliss-reactive ketones (excluding diaryl/α,β-unsaturated/α-hetero) is 1. The highest BCUT2D eigenvalue weighted by Gasteiger charge is 2.48. The van der Waals surface area contributed by atoms with E-state index in [0.29, 0.717) is 12.8 Å². The first-order valence-corrected chi connectivity index (χ1v) is 8.25. The van der Waals surface area contributed by atoms with Crippen LogP contribution in [0.2, 0.25) is 0 Å². The molecule has 1 aromatic carbocycles. The van der Waals surface area contributed by atoms with Crippen LogP contribution < -0.4 is 0 Å². The monoisotopic (exact) mass is 295 g/mol. The standard InChI is InChI=1S/C15H21NO3S/c1-15(2,3)20(18,19)16-11-14(17)13(16)10-9-12-7-5-4-6-8-12/h4-8,13H,9-11H2,1-3H3/t13-/m1/s1. The van der Waals surface area contributed by atoms with Gasteiger partial charge in [0, 0.05) is 0 Å². The van der Waals surface area contributed by atoms with E-state index < -0.39 is 20.8 Å². The van der Waals surface area contributed by atoms with Gasteiger partial charge in [-0.3, -0.25) is 4.79 Å². The van der Waals surface area contributed by atoms with Crippen LogP contribution in [-0.2, 0) is 21.2 Å². The SMILES string of the molecule is CC(C)(C)S(=O)(=O)N1CC(=O)[C@H]1CCc1ccccc1. The van der Waals surface area contributed by atoms with Crippen molar-refractivity contribution in [3.8, 4) is 0 Å². The average molecular weight is 295 g/mol. The number of hydrogen-bond donors (Lipinski definition) is 0. The van der Waals surface area contributed by atoms with Crippen LogP contribution in [0.25, 0.3) is 0 Å². The fourth-order valence-corrected chi connectivity index (χ4v) is 3.83. The molecular formula is C15H21NO3S. The second-order valence-corrected chi connectivity index (χ2v) is 8.81. The predicted octanol–water partition coefficient (Wildman–Crippen LogP) is 2.00. The van der Waals surface area contributed by atoms with Crippen LogP contribution in [-0.4, -0.2) is 35.8 Å². The lowest BCUT2D eigenvalue weighted by Gasteiger charge is -2.41. The number of benzene rings is 1. The lowest BCUT2D eigenvalue weighted by Crippen LogP contribution is -2.62. The van der Waals surface area contributed by atoms with Gasteiger partial charge in [0.2, 0.25) is 10.0 Å². The van der Waals surface area contributed by atoms with Crippen LogP contribution in [0.15, 0.2) is 30.3 Å². The van der Waals surface area contributed by atoms with Crippen molar-refractivity contribution in [3.05, 3.63) is 35.9 Å². The smallest absolute Gasteiger partial charge is 0.220 e. The number of ketones is 1. The molecule has 5 heteroatoms. The molecule has 0 bridgehead atoms. The summed E-state index contributed by atoms with van der Waals surface area (Å²) >= 11 is 0. The number of carbonyl (C=O) groups excluding carboxylic acids is 1. The Kier molecular flexibility index (Phi) is 4.02. The Balaban J connectivity index is 2.06. The number of carbonyl (C=O) groups is 1. The van der Waals surface area contributed by atoms with Crippen LogP contribution in [0.3, 0.4) is 0 Å². The Hall–Kier alpha value is -1.20. The van der Waals surface area contributed by atoms with E-state index >= 15 is 0 Å². The summed E-state index contributed by atoms with van der Waals surface area (Å²) in [5, 5.41) is 0. The first-order valence-electron chi connectivity index (χ1n) is 6.81. The Morgan fingerprint density at radius 1 is 1.20 bits per heavy atom. The topological polar surface area (TPSA) is 54.5 Å². The van der Waals surface area contributed by atoms with E-state index in [4.69, 9.17) is 0 Å². The maximum Gasteiger partial charge on any atom is 0.220 e. The third-order valence-electron chi connectivity index (χ3n) is 3.66. The molecule has 0 aromatic heterocycles. The van der Waals surface area contributed by atoms with E-state index in [0.717, 1.165) is 5.56 Å². The maximum atomic E-state index is 12.4. The van der Waals surface area contributed by atoms with Crippen molar-refractivity contribution in [1.29, 1.82) is 0 Å². The van der Waals surface area contributed by atoms with Crippen molar-refractivity contribution in [3.63, 3.8) is 0 Å². The molecule has 1 aliphatic heterocycles. The van der Waals surface area contributed by atoms with Crippen molar-refractivity contribution in [2.45, 2.75) is 44.4 Å². The lowest BCUT2D eigenvalue weighted by atomic mass is 9.97. The van der Waals surface area contributed by atoms with Crippen molar-refractivity contribution >= 4 is 15.8 Å². The molecule has 110 valence electrons. The minimum Gasteiger partial charge on any atom is -0.296 e. The molecule has 1 aromatic rings. The molecule has 0 saturated carbocycles. The molecule has 20 heavy (non-hydrogen) atoms. The van der Waals surface area contributed by atoms with E-state index in [1.807, 2.05) is 30.3 Å². The summed E-state index contributed by atoms with van der Waals surface area (Å²) in [6.07, 6.45) is 1.27. The molecule has 0 unspecified atom stereocenters. The van der Waals surface area contributed by atoms with Gasteiger partial charge in [-0.25, -0.2) is 8.42 Å². The van der Waals surface area contributed by atoms with Gasteiger partial charge in [0.05, 0.1) is 17.3 Å². The quantitative estimate of drug-likeness (QED) is 0.853. The van der Waals surface area contributed by atoms with Gasteiger partial charge in [-0.1, -0.05) is 30.3 Å². The van der Waals surface area contributed by atoms with Crippen LogP contribution in [0.4, 0.5) is 0 Å². The molecule has 4 nitrogen and oxygen atoms in total. The van der Waals surface area contributed by atoms with Gasteiger partial charge >= 0.3 is 0 Å². The van der Waals surface area contributed by atoms with Gasteiger partial charge in [0.25, 0.3) is 0 Å². The highest BCUT2D eigenvalue weighted by Crippen LogP contribution is 2.29. The minimum absolute atomic E-state index is 0.0220. The van der Waals surface area contributed by atoms with Crippen LogP contribution in [0, 0.1) is 0 Å². The summed E-state index contributed by atoms with van der Waals surface area (Å²) in [6, 6.07) is 9.33. The van der Waals surface area contributed by atoms with Gasteiger partial charge in [-0.15, -0.1) is 0 Å². The lowest BCUT2D eigenvalue weighted by molar-refractivity contribution is -0.131. The van der Waals surface area contributed by atoms with E-state index in [9.17, 15) is 13.2 Å². The number of hydrogen-bond acceptors (Lipinski definition) is 3. The summed E-state index contributed by atoms with van der Waals surface area (Å²) in [5.74, 6) is 0.0220. The van der Waals surface area contributed by atoms with Crippen molar-refractivity contribution < 1.29 is 13.2 Å². The third-order valence-corrected chi connectivity index (χ3v) is 6.21. The molecule has 0 N–H and O–H groups in total. The van der Waals surface area contributed by atoms with Crippen LogP contribution in [0.5, 0.6) is 0 Å². The molecule has 1 aliphatic rings. The highest BCUT2D eigenvalue weighted by atomic mass is 32.2.